The van der Waals surface area contributed by atoms with E-state index in [-0.39, 0.29) is 18.0 Å². The van der Waals surface area contributed by atoms with Gasteiger partial charge in [-0.2, -0.15) is 0 Å². The molecule has 7 heteroatoms. The molecule has 1 N–H and O–H groups in total. The lowest BCUT2D eigenvalue weighted by molar-refractivity contribution is -0.121. The van der Waals surface area contributed by atoms with E-state index in [4.69, 9.17) is 0 Å². The van der Waals surface area contributed by atoms with E-state index in [9.17, 15) is 14.0 Å². The number of rotatable bonds is 5. The first-order chi connectivity index (χ1) is 13.1. The van der Waals surface area contributed by atoms with Gasteiger partial charge in [0.1, 0.15) is 17.1 Å². The number of hydrogen-bond donors (Lipinski definition) is 1. The largest absolute Gasteiger partial charge is 0.354 e. The summed E-state index contributed by atoms with van der Waals surface area (Å²) in [6.45, 7) is 0.370. The summed E-state index contributed by atoms with van der Waals surface area (Å²) in [5.41, 5.74) is 1.14. The Hall–Kier alpha value is -3.06. The highest BCUT2D eigenvalue weighted by atomic mass is 32.1. The third kappa shape index (κ3) is 3.46. The average molecular weight is 381 g/mol. The summed E-state index contributed by atoms with van der Waals surface area (Å²) in [6, 6.07) is 14.5. The number of halogens is 1. The van der Waals surface area contributed by atoms with Crippen molar-refractivity contribution in [3.8, 4) is 0 Å². The molecule has 2 aromatic heterocycles. The van der Waals surface area contributed by atoms with Gasteiger partial charge in [-0.25, -0.2) is 9.37 Å². The van der Waals surface area contributed by atoms with Crippen molar-refractivity contribution in [3.05, 3.63) is 76.6 Å². The smallest absolute Gasteiger partial charge is 0.271 e. The highest BCUT2D eigenvalue weighted by Crippen LogP contribution is 2.31. The van der Waals surface area contributed by atoms with Gasteiger partial charge in [-0.1, -0.05) is 36.4 Å². The van der Waals surface area contributed by atoms with Crippen LogP contribution >= 0.6 is 11.3 Å². The van der Waals surface area contributed by atoms with E-state index in [0.29, 0.717) is 33.3 Å². The van der Waals surface area contributed by atoms with Crippen LogP contribution in [0.4, 0.5) is 4.39 Å². The molecule has 0 bridgehead atoms. The van der Waals surface area contributed by atoms with Crippen LogP contribution in [0.2, 0.25) is 0 Å². The van der Waals surface area contributed by atoms with E-state index in [2.05, 4.69) is 10.3 Å². The lowest BCUT2D eigenvalue weighted by Gasteiger charge is -2.07. The topological polar surface area (TPSA) is 64.0 Å². The van der Waals surface area contributed by atoms with Crippen LogP contribution < -0.4 is 10.9 Å². The second kappa shape index (κ2) is 7.28. The second-order valence-electron chi connectivity index (χ2n) is 6.16. The molecule has 136 valence electrons. The zero-order valence-electron chi connectivity index (χ0n) is 14.3. The Balaban J connectivity index is 1.51. The molecule has 0 aliphatic rings. The predicted octanol–water partition coefficient (Wildman–Crippen LogP) is 3.11. The number of thiophene rings is 1. The number of carbonyl (C=O) groups excluding carboxylic acids is 1. The van der Waals surface area contributed by atoms with Gasteiger partial charge in [-0.05, 0) is 24.1 Å². The number of carbonyl (C=O) groups is 1. The summed E-state index contributed by atoms with van der Waals surface area (Å²) >= 11 is 1.19. The van der Waals surface area contributed by atoms with Crippen molar-refractivity contribution in [1.82, 2.24) is 14.9 Å². The van der Waals surface area contributed by atoms with Crippen LogP contribution in [0.1, 0.15) is 5.56 Å². The number of aromatic nitrogens is 2. The van der Waals surface area contributed by atoms with Crippen molar-refractivity contribution < 1.29 is 9.18 Å². The van der Waals surface area contributed by atoms with Crippen LogP contribution in [-0.2, 0) is 17.8 Å². The molecule has 0 atom stereocenters. The van der Waals surface area contributed by atoms with Crippen molar-refractivity contribution in [2.24, 2.45) is 0 Å². The van der Waals surface area contributed by atoms with Gasteiger partial charge in [0, 0.05) is 11.2 Å². The standard InChI is InChI=1S/C20H16FN3O2S/c21-14-7-4-8-15-17(14)18-19(27-15)20(26)24(12-23-18)11-16(25)22-10-9-13-5-2-1-3-6-13/h1-8,12H,9-11H2,(H,22,25). The van der Waals surface area contributed by atoms with Gasteiger partial charge in [-0.15, -0.1) is 11.3 Å². The Labute approximate surface area is 158 Å². The first-order valence-electron chi connectivity index (χ1n) is 8.50. The molecule has 0 aliphatic heterocycles. The van der Waals surface area contributed by atoms with Gasteiger partial charge < -0.3 is 5.32 Å². The van der Waals surface area contributed by atoms with E-state index in [1.807, 2.05) is 30.3 Å². The molecule has 0 saturated carbocycles. The highest BCUT2D eigenvalue weighted by molar-refractivity contribution is 7.25. The van der Waals surface area contributed by atoms with Gasteiger partial charge in [0.2, 0.25) is 5.91 Å². The molecule has 0 saturated heterocycles. The Bertz CT molecular complexity index is 1180. The molecule has 0 unspecified atom stereocenters. The fourth-order valence-electron chi connectivity index (χ4n) is 2.98. The fraction of sp³-hybridized carbons (Fsp3) is 0.150. The first kappa shape index (κ1) is 17.4. The fourth-order valence-corrected chi connectivity index (χ4v) is 4.10. The maximum absolute atomic E-state index is 14.1. The zero-order chi connectivity index (χ0) is 18.8. The molecule has 0 radical (unpaired) electrons. The minimum absolute atomic E-state index is 0.118. The summed E-state index contributed by atoms with van der Waals surface area (Å²) < 4.78 is 16.3. The highest BCUT2D eigenvalue weighted by Gasteiger charge is 2.15. The van der Waals surface area contributed by atoms with Crippen LogP contribution in [0.3, 0.4) is 0 Å². The average Bonchev–Trinajstić information content (AvgIpc) is 3.06. The van der Waals surface area contributed by atoms with Gasteiger partial charge in [0.05, 0.1) is 17.2 Å². The SMILES string of the molecule is O=C(Cn1cnc2c(sc3cccc(F)c32)c1=O)NCCc1ccccc1. The van der Waals surface area contributed by atoms with Crippen molar-refractivity contribution in [2.45, 2.75) is 13.0 Å². The molecule has 4 rings (SSSR count). The number of hydrogen-bond acceptors (Lipinski definition) is 4. The lowest BCUT2D eigenvalue weighted by Crippen LogP contribution is -2.33. The molecule has 0 spiro atoms. The van der Waals surface area contributed by atoms with Crippen molar-refractivity contribution >= 4 is 37.5 Å². The quantitative estimate of drug-likeness (QED) is 0.578. The molecule has 2 heterocycles. The molecular weight excluding hydrogens is 365 g/mol. The zero-order valence-corrected chi connectivity index (χ0v) is 15.1. The van der Waals surface area contributed by atoms with Gasteiger partial charge in [0.15, 0.2) is 0 Å². The van der Waals surface area contributed by atoms with Crippen LogP contribution in [0.25, 0.3) is 20.3 Å². The number of nitrogens with zero attached hydrogens (tertiary/aromatic N) is 2. The Morgan fingerprint density at radius 2 is 1.96 bits per heavy atom. The van der Waals surface area contributed by atoms with E-state index in [0.717, 1.165) is 5.56 Å². The van der Waals surface area contributed by atoms with Crippen LogP contribution in [0, 0.1) is 5.82 Å². The first-order valence-corrected chi connectivity index (χ1v) is 9.32. The molecular formula is C20H16FN3O2S. The number of amides is 1. The minimum atomic E-state index is -0.401. The second-order valence-corrected chi connectivity index (χ2v) is 7.21. The third-order valence-corrected chi connectivity index (χ3v) is 5.45. The summed E-state index contributed by atoms with van der Waals surface area (Å²) in [5.74, 6) is -0.663. The van der Waals surface area contributed by atoms with Crippen molar-refractivity contribution in [3.63, 3.8) is 0 Å². The Kier molecular flexibility index (Phi) is 4.68. The Morgan fingerprint density at radius 3 is 2.78 bits per heavy atom. The summed E-state index contributed by atoms with van der Waals surface area (Å²) in [7, 11) is 0. The molecule has 0 aliphatic carbocycles. The maximum atomic E-state index is 14.1. The number of fused-ring (bicyclic) bond motifs is 3. The minimum Gasteiger partial charge on any atom is -0.354 e. The summed E-state index contributed by atoms with van der Waals surface area (Å²) in [4.78, 5) is 29.1. The summed E-state index contributed by atoms with van der Waals surface area (Å²) in [6.07, 6.45) is 2.02. The predicted molar refractivity (Wildman–Crippen MR) is 104 cm³/mol. The van der Waals surface area contributed by atoms with Gasteiger partial charge in [-0.3, -0.25) is 14.2 Å². The van der Waals surface area contributed by atoms with Crippen LogP contribution in [0.5, 0.6) is 0 Å². The molecule has 4 aromatic rings. The molecule has 0 fully saturated rings. The van der Waals surface area contributed by atoms with Gasteiger partial charge in [0.25, 0.3) is 5.56 Å². The number of benzene rings is 2. The normalized spacial score (nSPS) is 11.1. The molecule has 5 nitrogen and oxygen atoms in total. The van der Waals surface area contributed by atoms with Crippen LogP contribution in [-0.4, -0.2) is 22.0 Å². The monoisotopic (exact) mass is 381 g/mol. The molecule has 1 amide bonds. The van der Waals surface area contributed by atoms with Crippen molar-refractivity contribution in [2.75, 3.05) is 6.54 Å². The number of nitrogens with one attached hydrogen (secondary N) is 1. The third-order valence-electron chi connectivity index (χ3n) is 4.31. The van der Waals surface area contributed by atoms with E-state index in [1.54, 1.807) is 12.1 Å². The van der Waals surface area contributed by atoms with Crippen LogP contribution in [0.15, 0.2) is 59.7 Å². The van der Waals surface area contributed by atoms with E-state index >= 15 is 0 Å². The van der Waals surface area contributed by atoms with Gasteiger partial charge >= 0.3 is 0 Å². The van der Waals surface area contributed by atoms with E-state index in [1.165, 1.54) is 28.3 Å². The Morgan fingerprint density at radius 1 is 1.15 bits per heavy atom. The maximum Gasteiger partial charge on any atom is 0.271 e. The summed E-state index contributed by atoms with van der Waals surface area (Å²) in [5, 5.41) is 3.16. The van der Waals surface area contributed by atoms with E-state index < -0.39 is 5.82 Å². The molecule has 27 heavy (non-hydrogen) atoms. The lowest BCUT2D eigenvalue weighted by atomic mass is 10.1. The van der Waals surface area contributed by atoms with Crippen molar-refractivity contribution in [1.29, 1.82) is 0 Å². The molecule has 2 aromatic carbocycles.